The van der Waals surface area contributed by atoms with Gasteiger partial charge in [0.25, 0.3) is 10.1 Å². The minimum absolute atomic E-state index is 0.0698. The predicted octanol–water partition coefficient (Wildman–Crippen LogP) is 1.09. The van der Waals surface area contributed by atoms with Crippen LogP contribution >= 0.6 is 11.6 Å². The van der Waals surface area contributed by atoms with Crippen LogP contribution in [0.3, 0.4) is 0 Å². The normalized spacial score (nSPS) is 11.5. The third-order valence-corrected chi connectivity index (χ3v) is 2.21. The number of phenolic OH excluding ortho intramolecular Hbond substituents is 1. The second-order valence-electron chi connectivity index (χ2n) is 2.01. The van der Waals surface area contributed by atoms with Crippen molar-refractivity contribution < 1.29 is 18.1 Å². The molecule has 1 aromatic rings. The van der Waals surface area contributed by atoms with Gasteiger partial charge < -0.3 is 5.11 Å². The van der Waals surface area contributed by atoms with E-state index in [1.54, 1.807) is 0 Å². The number of benzene rings is 1. The molecule has 0 aliphatic carbocycles. The van der Waals surface area contributed by atoms with E-state index in [0.29, 0.717) is 0 Å². The summed E-state index contributed by atoms with van der Waals surface area (Å²) < 4.78 is 29.6. The maximum atomic E-state index is 10.5. The fourth-order valence-corrected chi connectivity index (χ4v) is 1.45. The van der Waals surface area contributed by atoms with Gasteiger partial charge in [0.2, 0.25) is 0 Å². The largest absolute Gasteiger partial charge is 0.506 e. The molecule has 0 saturated heterocycles. The van der Waals surface area contributed by atoms with Crippen molar-refractivity contribution in [3.05, 3.63) is 23.2 Å². The van der Waals surface area contributed by atoms with Crippen LogP contribution in [0, 0.1) is 6.07 Å². The maximum Gasteiger partial charge on any atom is 0.298 e. The van der Waals surface area contributed by atoms with Crippen molar-refractivity contribution in [3.8, 4) is 5.75 Å². The molecule has 0 bridgehead atoms. The summed E-state index contributed by atoms with van der Waals surface area (Å²) in [5, 5.41) is 8.99. The van der Waals surface area contributed by atoms with Crippen molar-refractivity contribution in [2.45, 2.75) is 4.90 Å². The molecule has 1 radical (unpaired) electrons. The first-order valence-corrected chi connectivity index (χ1v) is 4.61. The van der Waals surface area contributed by atoms with Gasteiger partial charge in [-0.25, -0.2) is 0 Å². The van der Waals surface area contributed by atoms with Crippen LogP contribution in [0.5, 0.6) is 5.75 Å². The molecule has 65 valence electrons. The highest BCUT2D eigenvalue weighted by molar-refractivity contribution is 7.86. The highest BCUT2D eigenvalue weighted by Gasteiger charge is 2.15. The third kappa shape index (κ3) is 1.88. The summed E-state index contributed by atoms with van der Waals surface area (Å²) in [6.45, 7) is 0. The smallest absolute Gasteiger partial charge is 0.298 e. The van der Waals surface area contributed by atoms with E-state index in [-0.39, 0.29) is 5.02 Å². The second-order valence-corrected chi connectivity index (χ2v) is 3.83. The molecule has 12 heavy (non-hydrogen) atoms. The Hall–Kier alpha value is -0.780. The molecule has 2 N–H and O–H groups in total. The predicted molar refractivity (Wildman–Crippen MR) is 41.8 cm³/mol. The SMILES string of the molecule is O=S(=O)(O)c1cc(Cl)c[c]c1O. The zero-order chi connectivity index (χ0) is 9.35. The maximum absolute atomic E-state index is 10.5. The van der Waals surface area contributed by atoms with Gasteiger partial charge in [-0.05, 0) is 12.1 Å². The molecule has 1 rings (SSSR count). The van der Waals surface area contributed by atoms with Crippen LogP contribution in [0.4, 0.5) is 0 Å². The van der Waals surface area contributed by atoms with Gasteiger partial charge in [-0.2, -0.15) is 8.42 Å². The van der Waals surface area contributed by atoms with E-state index in [1.807, 2.05) is 0 Å². The Morgan fingerprint density at radius 3 is 2.50 bits per heavy atom. The Balaban J connectivity index is 3.43. The van der Waals surface area contributed by atoms with Crippen molar-refractivity contribution in [2.24, 2.45) is 0 Å². The quantitative estimate of drug-likeness (QED) is 0.676. The number of hydrogen-bond donors (Lipinski definition) is 2. The minimum atomic E-state index is -4.42. The van der Waals surface area contributed by atoms with Gasteiger partial charge in [-0.1, -0.05) is 11.6 Å². The van der Waals surface area contributed by atoms with Crippen molar-refractivity contribution in [2.75, 3.05) is 0 Å². The molecule has 0 aromatic heterocycles. The van der Waals surface area contributed by atoms with E-state index in [1.165, 1.54) is 6.07 Å². The van der Waals surface area contributed by atoms with E-state index in [4.69, 9.17) is 21.3 Å². The summed E-state index contributed by atoms with van der Waals surface area (Å²) in [5.74, 6) is -0.651. The average molecular weight is 208 g/mol. The lowest BCUT2D eigenvalue weighted by Crippen LogP contribution is -1.98. The molecule has 0 fully saturated rings. The lowest BCUT2D eigenvalue weighted by molar-refractivity contribution is 0.442. The molecule has 0 atom stereocenters. The fraction of sp³-hybridized carbons (Fsp3) is 0. The van der Waals surface area contributed by atoms with Gasteiger partial charge >= 0.3 is 0 Å². The molecule has 0 aliphatic rings. The molecule has 0 aliphatic heterocycles. The topological polar surface area (TPSA) is 74.6 Å². The number of phenols is 1. The highest BCUT2D eigenvalue weighted by atomic mass is 35.5. The van der Waals surface area contributed by atoms with E-state index < -0.39 is 20.8 Å². The molecule has 0 unspecified atom stereocenters. The van der Waals surface area contributed by atoms with Gasteiger partial charge in [-0.15, -0.1) is 0 Å². The summed E-state index contributed by atoms with van der Waals surface area (Å²) in [6.07, 6.45) is 0. The van der Waals surface area contributed by atoms with Gasteiger partial charge in [0.15, 0.2) is 0 Å². The molecule has 0 spiro atoms. The van der Waals surface area contributed by atoms with Crippen LogP contribution in [0.25, 0.3) is 0 Å². The summed E-state index contributed by atoms with van der Waals surface area (Å²) >= 11 is 5.40. The van der Waals surface area contributed by atoms with Crippen molar-refractivity contribution in [1.82, 2.24) is 0 Å². The Morgan fingerprint density at radius 1 is 1.50 bits per heavy atom. The van der Waals surface area contributed by atoms with Crippen LogP contribution in [0.15, 0.2) is 17.0 Å². The molecule has 4 nitrogen and oxygen atoms in total. The Bertz CT molecular complexity index is 398. The Labute approximate surface area is 74.2 Å². The third-order valence-electron chi connectivity index (χ3n) is 1.13. The molecule has 1 aromatic carbocycles. The zero-order valence-corrected chi connectivity index (χ0v) is 7.22. The van der Waals surface area contributed by atoms with Crippen molar-refractivity contribution in [3.63, 3.8) is 0 Å². The van der Waals surface area contributed by atoms with Gasteiger partial charge in [-0.3, -0.25) is 4.55 Å². The van der Waals surface area contributed by atoms with Gasteiger partial charge in [0.05, 0.1) is 0 Å². The van der Waals surface area contributed by atoms with E-state index in [9.17, 15) is 8.42 Å². The second kappa shape index (κ2) is 2.93. The molecular formula is C6H4ClO4S. The number of aromatic hydroxyl groups is 1. The van der Waals surface area contributed by atoms with Crippen LogP contribution < -0.4 is 0 Å². The first kappa shape index (κ1) is 9.31. The van der Waals surface area contributed by atoms with Crippen LogP contribution in [-0.2, 0) is 10.1 Å². The zero-order valence-electron chi connectivity index (χ0n) is 5.65. The van der Waals surface area contributed by atoms with Crippen molar-refractivity contribution >= 4 is 21.7 Å². The summed E-state index contributed by atoms with van der Waals surface area (Å²) in [6, 6.07) is 4.28. The number of rotatable bonds is 1. The molecule has 6 heteroatoms. The van der Waals surface area contributed by atoms with E-state index in [2.05, 4.69) is 6.07 Å². The van der Waals surface area contributed by atoms with Crippen LogP contribution in [0.2, 0.25) is 5.02 Å². The highest BCUT2D eigenvalue weighted by Crippen LogP contribution is 2.24. The summed E-state index contributed by atoms with van der Waals surface area (Å²) in [5.41, 5.74) is 0. The molecular weight excluding hydrogens is 204 g/mol. The average Bonchev–Trinajstić information content (AvgIpc) is 1.92. The Kier molecular flexibility index (Phi) is 2.27. The van der Waals surface area contributed by atoms with Gasteiger partial charge in [0.1, 0.15) is 10.6 Å². The standard InChI is InChI=1S/C6H4ClO4S/c7-4-1-2-5(8)6(3-4)12(9,10)11/h1,3,8H,(H,9,10,11). The molecule has 0 saturated carbocycles. The number of halogens is 1. The fourth-order valence-electron chi connectivity index (χ4n) is 0.640. The molecule has 0 amide bonds. The van der Waals surface area contributed by atoms with Crippen molar-refractivity contribution in [1.29, 1.82) is 0 Å². The monoisotopic (exact) mass is 207 g/mol. The first-order chi connectivity index (χ1) is 5.41. The van der Waals surface area contributed by atoms with E-state index >= 15 is 0 Å². The Morgan fingerprint density at radius 2 is 2.08 bits per heavy atom. The minimum Gasteiger partial charge on any atom is -0.506 e. The molecule has 0 heterocycles. The lowest BCUT2D eigenvalue weighted by Gasteiger charge is -1.99. The van der Waals surface area contributed by atoms with E-state index in [0.717, 1.165) is 6.07 Å². The summed E-state index contributed by atoms with van der Waals surface area (Å²) in [4.78, 5) is -0.644. The van der Waals surface area contributed by atoms with Crippen LogP contribution in [0.1, 0.15) is 0 Å². The van der Waals surface area contributed by atoms with Gasteiger partial charge in [0, 0.05) is 11.1 Å². The number of hydrogen-bond acceptors (Lipinski definition) is 3. The first-order valence-electron chi connectivity index (χ1n) is 2.79. The lowest BCUT2D eigenvalue weighted by atomic mass is 10.3. The van der Waals surface area contributed by atoms with Crippen LogP contribution in [-0.4, -0.2) is 18.1 Å². The summed E-state index contributed by atoms with van der Waals surface area (Å²) in [7, 11) is -4.42.